The minimum absolute atomic E-state index is 0.0684. The van der Waals surface area contributed by atoms with Crippen LogP contribution < -0.4 is 21.7 Å². The number of hydrogen-bond donors (Lipinski definition) is 7. The lowest BCUT2D eigenvalue weighted by Gasteiger charge is -2.29. The van der Waals surface area contributed by atoms with Gasteiger partial charge in [-0.2, -0.15) is 11.8 Å². The summed E-state index contributed by atoms with van der Waals surface area (Å²) in [4.78, 5) is 56.5. The molecule has 0 saturated carbocycles. The van der Waals surface area contributed by atoms with Crippen molar-refractivity contribution in [3.63, 3.8) is 0 Å². The number of aromatic nitrogens is 2. The maximum absolute atomic E-state index is 13.0. The highest BCUT2D eigenvalue weighted by Gasteiger charge is 2.34. The number of aromatic amines is 1. The van der Waals surface area contributed by atoms with Gasteiger partial charge in [0.1, 0.15) is 18.1 Å². The van der Waals surface area contributed by atoms with Gasteiger partial charge in [-0.15, -0.1) is 0 Å². The monoisotopic (exact) mass is 500 g/mol. The van der Waals surface area contributed by atoms with Crippen LogP contribution in [0.1, 0.15) is 39.3 Å². The molecule has 12 nitrogen and oxygen atoms in total. The second kappa shape index (κ2) is 14.6. The Morgan fingerprint density at radius 3 is 2.24 bits per heavy atom. The Bertz CT molecular complexity index is 806. The fourth-order valence-electron chi connectivity index (χ4n) is 3.06. The zero-order chi connectivity index (χ0) is 25.8. The van der Waals surface area contributed by atoms with Crippen molar-refractivity contribution in [2.75, 3.05) is 12.0 Å². The number of carboxylic acid groups (broad SMARTS) is 1. The van der Waals surface area contributed by atoms with Gasteiger partial charge in [0.25, 0.3) is 0 Å². The zero-order valence-corrected chi connectivity index (χ0v) is 20.7. The molecule has 0 fully saturated rings. The Labute approximate surface area is 203 Å². The van der Waals surface area contributed by atoms with E-state index >= 15 is 0 Å². The van der Waals surface area contributed by atoms with Gasteiger partial charge in [-0.05, 0) is 31.3 Å². The Morgan fingerprint density at radius 1 is 1.12 bits per heavy atom. The van der Waals surface area contributed by atoms with Crippen LogP contribution in [0.15, 0.2) is 12.5 Å². The van der Waals surface area contributed by atoms with Crippen molar-refractivity contribution in [1.82, 2.24) is 25.9 Å². The van der Waals surface area contributed by atoms with Crippen LogP contribution >= 0.6 is 11.8 Å². The molecule has 0 aromatic carbocycles. The summed E-state index contributed by atoms with van der Waals surface area (Å²) in [6, 6.07) is -4.54. The first-order chi connectivity index (χ1) is 16.0. The minimum atomic E-state index is -1.44. The van der Waals surface area contributed by atoms with Crippen molar-refractivity contribution in [3.05, 3.63) is 18.2 Å². The Hall–Kier alpha value is -2.64. The molecule has 3 amide bonds. The number of aliphatic hydroxyl groups excluding tert-OH is 1. The van der Waals surface area contributed by atoms with Gasteiger partial charge in [0.2, 0.25) is 17.7 Å². The second-order valence-corrected chi connectivity index (χ2v) is 9.15. The normalized spacial score (nSPS) is 16.4. The number of amides is 3. The molecule has 0 aliphatic heterocycles. The predicted octanol–water partition coefficient (Wildman–Crippen LogP) is -1.00. The third kappa shape index (κ3) is 9.31. The number of carbonyl (C=O) groups excluding carboxylic acids is 3. The minimum Gasteiger partial charge on any atom is -0.480 e. The molecule has 13 heteroatoms. The van der Waals surface area contributed by atoms with Crippen molar-refractivity contribution in [2.24, 2.45) is 11.7 Å². The average Bonchev–Trinajstić information content (AvgIpc) is 3.30. The van der Waals surface area contributed by atoms with Gasteiger partial charge in [-0.1, -0.05) is 20.3 Å². The number of nitrogens with two attached hydrogens (primary N) is 1. The number of carboxylic acids is 1. The Morgan fingerprint density at radius 2 is 1.74 bits per heavy atom. The lowest BCUT2D eigenvalue weighted by atomic mass is 9.97. The molecule has 192 valence electrons. The quantitative estimate of drug-likeness (QED) is 0.158. The van der Waals surface area contributed by atoms with Crippen molar-refractivity contribution in [3.8, 4) is 0 Å². The first kappa shape index (κ1) is 29.4. The highest BCUT2D eigenvalue weighted by molar-refractivity contribution is 7.98. The van der Waals surface area contributed by atoms with Gasteiger partial charge in [0.05, 0.1) is 18.5 Å². The van der Waals surface area contributed by atoms with Crippen molar-refractivity contribution in [1.29, 1.82) is 0 Å². The van der Waals surface area contributed by atoms with Crippen LogP contribution in [0.4, 0.5) is 0 Å². The fourth-order valence-corrected chi connectivity index (χ4v) is 3.55. The molecule has 1 heterocycles. The average molecular weight is 501 g/mol. The van der Waals surface area contributed by atoms with Crippen LogP contribution in [0.3, 0.4) is 0 Å². The molecule has 1 aromatic rings. The lowest BCUT2D eigenvalue weighted by Crippen LogP contribution is -2.61. The smallest absolute Gasteiger partial charge is 0.326 e. The number of imidazole rings is 1. The molecule has 0 saturated heterocycles. The predicted molar refractivity (Wildman–Crippen MR) is 128 cm³/mol. The highest BCUT2D eigenvalue weighted by atomic mass is 32.2. The number of thioether (sulfide) groups is 1. The van der Waals surface area contributed by atoms with Gasteiger partial charge >= 0.3 is 5.97 Å². The van der Waals surface area contributed by atoms with Crippen molar-refractivity contribution in [2.45, 2.75) is 70.3 Å². The fraction of sp³-hybridized carbons (Fsp3) is 0.667. The molecule has 1 rings (SSSR count). The zero-order valence-electron chi connectivity index (χ0n) is 19.9. The molecule has 0 radical (unpaired) electrons. The summed E-state index contributed by atoms with van der Waals surface area (Å²) in [7, 11) is 0. The van der Waals surface area contributed by atoms with E-state index in [-0.39, 0.29) is 12.3 Å². The number of H-pyrrole nitrogens is 1. The van der Waals surface area contributed by atoms with E-state index in [1.165, 1.54) is 19.4 Å². The Balaban J connectivity index is 2.93. The number of aliphatic carboxylic acids is 1. The van der Waals surface area contributed by atoms with Gasteiger partial charge in [-0.25, -0.2) is 9.78 Å². The molecular formula is C21H36N6O6S. The van der Waals surface area contributed by atoms with E-state index in [0.717, 1.165) is 0 Å². The number of hydrogen-bond acceptors (Lipinski definition) is 8. The number of aliphatic hydroxyl groups is 1. The molecule has 1 aromatic heterocycles. The number of carbonyl (C=O) groups is 4. The van der Waals surface area contributed by atoms with Crippen LogP contribution in [-0.4, -0.2) is 86.2 Å². The molecule has 0 aliphatic rings. The summed E-state index contributed by atoms with van der Waals surface area (Å²) < 4.78 is 0. The number of rotatable bonds is 15. The van der Waals surface area contributed by atoms with E-state index in [0.29, 0.717) is 24.3 Å². The molecule has 8 N–H and O–H groups in total. The van der Waals surface area contributed by atoms with E-state index < -0.39 is 54.0 Å². The number of nitrogens with zero attached hydrogens (tertiary/aromatic N) is 1. The van der Waals surface area contributed by atoms with E-state index in [1.54, 1.807) is 18.7 Å². The van der Waals surface area contributed by atoms with Crippen molar-refractivity contribution < 1.29 is 29.4 Å². The van der Waals surface area contributed by atoms with E-state index in [2.05, 4.69) is 25.9 Å². The lowest BCUT2D eigenvalue weighted by molar-refractivity contribution is -0.143. The molecule has 0 aliphatic carbocycles. The third-order valence-electron chi connectivity index (χ3n) is 5.42. The summed E-state index contributed by atoms with van der Waals surface area (Å²) in [5, 5.41) is 27.0. The summed E-state index contributed by atoms with van der Waals surface area (Å²) >= 11 is 1.55. The maximum atomic E-state index is 13.0. The highest BCUT2D eigenvalue weighted by Crippen LogP contribution is 2.10. The summed E-state index contributed by atoms with van der Waals surface area (Å²) in [5.41, 5.74) is 6.39. The van der Waals surface area contributed by atoms with Crippen LogP contribution in [0, 0.1) is 5.92 Å². The van der Waals surface area contributed by atoms with Gasteiger partial charge in [0, 0.05) is 18.3 Å². The maximum Gasteiger partial charge on any atom is 0.326 e. The van der Waals surface area contributed by atoms with Gasteiger partial charge < -0.3 is 36.9 Å². The van der Waals surface area contributed by atoms with E-state index in [4.69, 9.17) is 5.73 Å². The van der Waals surface area contributed by atoms with Crippen LogP contribution in [0.2, 0.25) is 0 Å². The molecule has 6 atom stereocenters. The van der Waals surface area contributed by atoms with E-state index in [1.807, 2.05) is 13.2 Å². The first-order valence-electron chi connectivity index (χ1n) is 11.0. The molecule has 34 heavy (non-hydrogen) atoms. The summed E-state index contributed by atoms with van der Waals surface area (Å²) in [6.07, 6.45) is 4.29. The molecule has 6 unspecified atom stereocenters. The van der Waals surface area contributed by atoms with Crippen molar-refractivity contribution >= 4 is 35.5 Å². The number of nitrogens with one attached hydrogen (secondary N) is 4. The largest absolute Gasteiger partial charge is 0.480 e. The van der Waals surface area contributed by atoms with Gasteiger partial charge in [-0.3, -0.25) is 14.4 Å². The second-order valence-electron chi connectivity index (χ2n) is 8.17. The molecular weight excluding hydrogens is 464 g/mol. The molecule has 0 spiro atoms. The first-order valence-corrected chi connectivity index (χ1v) is 12.4. The third-order valence-corrected chi connectivity index (χ3v) is 6.06. The van der Waals surface area contributed by atoms with E-state index in [9.17, 15) is 29.4 Å². The van der Waals surface area contributed by atoms with Gasteiger partial charge in [0.15, 0.2) is 0 Å². The van der Waals surface area contributed by atoms with Crippen LogP contribution in [-0.2, 0) is 25.6 Å². The molecule has 0 bridgehead atoms. The van der Waals surface area contributed by atoms with Crippen LogP contribution in [0.5, 0.6) is 0 Å². The topological polar surface area (TPSA) is 200 Å². The van der Waals surface area contributed by atoms with Crippen LogP contribution in [0.25, 0.3) is 0 Å². The summed E-state index contributed by atoms with van der Waals surface area (Å²) in [6.45, 7) is 4.90. The SMILES string of the molecule is CCC(C)C(NC(=O)C(N)CCSC)C(=O)NC(C(=O)NC(Cc1cnc[nH]1)C(=O)O)C(C)O. The Kier molecular flexibility index (Phi) is 12.6. The summed E-state index contributed by atoms with van der Waals surface area (Å²) in [5.74, 6) is -2.94. The standard InChI is InChI=1S/C21H36N6O6S/c1-5-11(2)16(26-18(29)14(22)6-7-34-4)19(30)27-17(12(3)28)20(31)25-15(21(32)33)8-13-9-23-10-24-13/h9-12,14-17,28H,5-8,22H2,1-4H3,(H,23,24)(H,25,31)(H,26,29)(H,27,30)(H,32,33).